The fraction of sp³-hybridized carbons (Fsp3) is 0.950. The van der Waals surface area contributed by atoms with Crippen LogP contribution in [0.2, 0.25) is 0 Å². The first-order chi connectivity index (χ1) is 11.2. The third-order valence-electron chi connectivity index (χ3n) is 6.55. The Hall–Kier alpha value is -0.610. The summed E-state index contributed by atoms with van der Waals surface area (Å²) >= 11 is 0. The number of carbonyl (C=O) groups excluding carboxylic acids is 1. The van der Waals surface area contributed by atoms with Gasteiger partial charge >= 0.3 is 0 Å². The van der Waals surface area contributed by atoms with E-state index in [0.29, 0.717) is 17.9 Å². The van der Waals surface area contributed by atoms with Crippen molar-refractivity contribution in [2.24, 2.45) is 17.3 Å². The van der Waals surface area contributed by atoms with Gasteiger partial charge in [-0.2, -0.15) is 0 Å². The molecule has 0 atom stereocenters. The van der Waals surface area contributed by atoms with Gasteiger partial charge in [0.05, 0.1) is 0 Å². The largest absolute Gasteiger partial charge is 0.342 e. The fourth-order valence-corrected chi connectivity index (χ4v) is 3.80. The van der Waals surface area contributed by atoms with Gasteiger partial charge in [0.15, 0.2) is 0 Å². The summed E-state index contributed by atoms with van der Waals surface area (Å²) in [6, 6.07) is 0.672. The van der Waals surface area contributed by atoms with Crippen LogP contribution in [0.3, 0.4) is 0 Å². The van der Waals surface area contributed by atoms with Crippen molar-refractivity contribution in [2.75, 3.05) is 45.8 Å². The molecule has 2 rings (SSSR count). The van der Waals surface area contributed by atoms with Gasteiger partial charge in [-0.05, 0) is 38.5 Å². The van der Waals surface area contributed by atoms with Crippen molar-refractivity contribution in [1.82, 2.24) is 14.7 Å². The average molecular weight is 338 g/mol. The first-order valence-corrected chi connectivity index (χ1v) is 9.97. The molecule has 2 aliphatic heterocycles. The average Bonchev–Trinajstić information content (AvgIpc) is 2.55. The molecule has 2 saturated heterocycles. The van der Waals surface area contributed by atoms with E-state index in [1.807, 2.05) is 0 Å². The van der Waals surface area contributed by atoms with E-state index in [-0.39, 0.29) is 5.41 Å². The fourth-order valence-electron chi connectivity index (χ4n) is 3.80. The molecule has 0 aliphatic carbocycles. The molecular formula is C20H39N3O. The lowest BCUT2D eigenvalue weighted by molar-refractivity contribution is -0.144. The van der Waals surface area contributed by atoms with Crippen LogP contribution < -0.4 is 0 Å². The highest BCUT2D eigenvalue weighted by atomic mass is 16.2. The van der Waals surface area contributed by atoms with Gasteiger partial charge in [0.2, 0.25) is 5.91 Å². The molecule has 2 fully saturated rings. The molecule has 0 unspecified atom stereocenters. The van der Waals surface area contributed by atoms with Crippen LogP contribution in [0.4, 0.5) is 0 Å². The van der Waals surface area contributed by atoms with Crippen molar-refractivity contribution < 1.29 is 4.79 Å². The molecule has 4 heteroatoms. The highest BCUT2D eigenvalue weighted by Gasteiger charge is 2.36. The zero-order valence-corrected chi connectivity index (χ0v) is 16.8. The van der Waals surface area contributed by atoms with Gasteiger partial charge in [0, 0.05) is 57.3 Å². The van der Waals surface area contributed by atoms with Crippen LogP contribution in [0, 0.1) is 17.3 Å². The van der Waals surface area contributed by atoms with E-state index in [4.69, 9.17) is 0 Å². The van der Waals surface area contributed by atoms with E-state index in [0.717, 1.165) is 19.0 Å². The molecule has 0 aromatic heterocycles. The van der Waals surface area contributed by atoms with Crippen molar-refractivity contribution in [2.45, 2.75) is 60.4 Å². The van der Waals surface area contributed by atoms with Gasteiger partial charge in [0.25, 0.3) is 0 Å². The summed E-state index contributed by atoms with van der Waals surface area (Å²) in [4.78, 5) is 20.1. The van der Waals surface area contributed by atoms with Crippen LogP contribution in [0.25, 0.3) is 0 Å². The monoisotopic (exact) mass is 337 g/mol. The summed E-state index contributed by atoms with van der Waals surface area (Å²) in [5, 5.41) is 0. The molecular weight excluding hydrogens is 298 g/mol. The van der Waals surface area contributed by atoms with Gasteiger partial charge in [-0.25, -0.2) is 0 Å². The molecule has 2 heterocycles. The summed E-state index contributed by atoms with van der Waals surface area (Å²) in [6.07, 6.45) is 2.34. The van der Waals surface area contributed by atoms with Crippen LogP contribution in [0.1, 0.15) is 54.4 Å². The highest BCUT2D eigenvalue weighted by Crippen LogP contribution is 2.30. The molecule has 4 nitrogen and oxygen atoms in total. The quantitative estimate of drug-likeness (QED) is 0.772. The highest BCUT2D eigenvalue weighted by molar-refractivity contribution is 5.82. The lowest BCUT2D eigenvalue weighted by Gasteiger charge is -2.41. The maximum absolute atomic E-state index is 12.8. The van der Waals surface area contributed by atoms with Gasteiger partial charge in [0.1, 0.15) is 0 Å². The van der Waals surface area contributed by atoms with Gasteiger partial charge < -0.3 is 9.80 Å². The minimum Gasteiger partial charge on any atom is -0.342 e. The molecule has 2 aliphatic rings. The Bertz CT molecular complexity index is 403. The number of amides is 1. The number of piperidine rings is 1. The molecule has 0 aromatic rings. The summed E-state index contributed by atoms with van der Waals surface area (Å²) in [5.41, 5.74) is -0.236. The van der Waals surface area contributed by atoms with Crippen molar-refractivity contribution in [3.63, 3.8) is 0 Å². The molecule has 24 heavy (non-hydrogen) atoms. The Morgan fingerprint density at radius 1 is 0.958 bits per heavy atom. The first-order valence-electron chi connectivity index (χ1n) is 9.97. The Kier molecular flexibility index (Phi) is 6.72. The number of hydrogen-bond donors (Lipinski definition) is 0. The van der Waals surface area contributed by atoms with Crippen LogP contribution in [-0.2, 0) is 4.79 Å². The third-order valence-corrected chi connectivity index (χ3v) is 6.55. The summed E-state index contributed by atoms with van der Waals surface area (Å²) in [6.45, 7) is 21.0. The molecule has 0 aromatic carbocycles. The number of carbonyl (C=O) groups is 1. The van der Waals surface area contributed by atoms with Gasteiger partial charge in [-0.3, -0.25) is 9.69 Å². The van der Waals surface area contributed by atoms with E-state index in [1.165, 1.54) is 45.6 Å². The van der Waals surface area contributed by atoms with E-state index in [2.05, 4.69) is 56.2 Å². The summed E-state index contributed by atoms with van der Waals surface area (Å²) in [7, 11) is 0. The molecule has 1 amide bonds. The summed E-state index contributed by atoms with van der Waals surface area (Å²) in [5.74, 6) is 1.50. The maximum Gasteiger partial charge on any atom is 0.228 e. The SMILES string of the molecule is CC(C)N1CCN(CC2CCN(C(=O)C(C)(C)C(C)C)CC2)CC1. The van der Waals surface area contributed by atoms with Gasteiger partial charge in [-0.15, -0.1) is 0 Å². The second-order valence-electron chi connectivity index (χ2n) is 9.04. The second kappa shape index (κ2) is 8.18. The van der Waals surface area contributed by atoms with Gasteiger partial charge in [-0.1, -0.05) is 27.7 Å². The Labute approximate surface area is 149 Å². The van der Waals surface area contributed by atoms with Crippen LogP contribution in [-0.4, -0.2) is 72.5 Å². The number of piperazine rings is 1. The summed E-state index contributed by atoms with van der Waals surface area (Å²) < 4.78 is 0. The lowest BCUT2D eigenvalue weighted by Crippen LogP contribution is -2.51. The molecule has 0 spiro atoms. The maximum atomic E-state index is 12.8. The predicted molar refractivity (Wildman–Crippen MR) is 101 cm³/mol. The molecule has 0 radical (unpaired) electrons. The molecule has 0 bridgehead atoms. The molecule has 0 N–H and O–H groups in total. The smallest absolute Gasteiger partial charge is 0.228 e. The Morgan fingerprint density at radius 3 is 1.96 bits per heavy atom. The zero-order valence-electron chi connectivity index (χ0n) is 16.8. The van der Waals surface area contributed by atoms with E-state index >= 15 is 0 Å². The van der Waals surface area contributed by atoms with Crippen LogP contribution >= 0.6 is 0 Å². The van der Waals surface area contributed by atoms with Crippen molar-refractivity contribution in [3.05, 3.63) is 0 Å². The number of nitrogens with zero attached hydrogens (tertiary/aromatic N) is 3. The number of likely N-dealkylation sites (tertiary alicyclic amines) is 1. The lowest BCUT2D eigenvalue weighted by atomic mass is 9.79. The van der Waals surface area contributed by atoms with E-state index < -0.39 is 0 Å². The predicted octanol–water partition coefficient (Wildman–Crippen LogP) is 2.93. The third kappa shape index (κ3) is 4.72. The molecule has 0 saturated carbocycles. The van der Waals surface area contributed by atoms with Crippen molar-refractivity contribution >= 4 is 5.91 Å². The Balaban J connectivity index is 1.75. The van der Waals surface area contributed by atoms with Crippen LogP contribution in [0.15, 0.2) is 0 Å². The minimum atomic E-state index is -0.236. The van der Waals surface area contributed by atoms with Crippen molar-refractivity contribution in [3.8, 4) is 0 Å². The van der Waals surface area contributed by atoms with E-state index in [1.54, 1.807) is 0 Å². The first kappa shape index (κ1) is 19.7. The topological polar surface area (TPSA) is 26.8 Å². The zero-order chi connectivity index (χ0) is 17.9. The Morgan fingerprint density at radius 2 is 1.50 bits per heavy atom. The standard InChI is InChI=1S/C20H39N3O/c1-16(2)20(5,6)19(24)23-9-7-18(8-10-23)15-21-11-13-22(14-12-21)17(3)4/h16-18H,7-15H2,1-6H3. The normalized spacial score (nSPS) is 22.6. The second-order valence-corrected chi connectivity index (χ2v) is 9.04. The van der Waals surface area contributed by atoms with Crippen molar-refractivity contribution in [1.29, 1.82) is 0 Å². The number of rotatable bonds is 5. The molecule has 140 valence electrons. The van der Waals surface area contributed by atoms with E-state index in [9.17, 15) is 4.79 Å². The van der Waals surface area contributed by atoms with Crippen LogP contribution in [0.5, 0.6) is 0 Å². The minimum absolute atomic E-state index is 0.236. The number of hydrogen-bond acceptors (Lipinski definition) is 3.